The first kappa shape index (κ1) is 19.7. The number of carboxylic acid groups (broad SMARTS) is 1. The van der Waals surface area contributed by atoms with Gasteiger partial charge < -0.3 is 15.7 Å². The van der Waals surface area contributed by atoms with E-state index in [-0.39, 0.29) is 23.3 Å². The Bertz CT molecular complexity index is 346. The largest absolute Gasteiger partial charge is 0.481 e. The van der Waals surface area contributed by atoms with E-state index in [0.29, 0.717) is 25.4 Å². The molecule has 0 rings (SSSR count). The Balaban J connectivity index is 3.91. The molecule has 124 valence electrons. The van der Waals surface area contributed by atoms with E-state index in [1.165, 1.54) is 0 Å². The summed E-state index contributed by atoms with van der Waals surface area (Å²) in [6, 6.07) is -0.153. The normalized spacial score (nSPS) is 13.6. The highest BCUT2D eigenvalue weighted by Gasteiger charge is 2.21. The molecule has 5 heteroatoms. The molecule has 0 radical (unpaired) electrons. The van der Waals surface area contributed by atoms with Gasteiger partial charge in [0.05, 0.1) is 0 Å². The Hall–Kier alpha value is -1.26. The predicted octanol–water partition coefficient (Wildman–Crippen LogP) is 3.25. The van der Waals surface area contributed by atoms with Crippen LogP contribution in [0.25, 0.3) is 0 Å². The number of hydrogen-bond acceptors (Lipinski definition) is 2. The first-order valence-electron chi connectivity index (χ1n) is 7.67. The second-order valence-electron chi connectivity index (χ2n) is 7.71. The lowest BCUT2D eigenvalue weighted by molar-refractivity contribution is -0.137. The summed E-state index contributed by atoms with van der Waals surface area (Å²) < 4.78 is 0. The Morgan fingerprint density at radius 2 is 1.62 bits per heavy atom. The lowest BCUT2D eigenvalue weighted by Gasteiger charge is -2.27. The number of carbonyl (C=O) groups is 2. The molecule has 1 atom stereocenters. The minimum Gasteiger partial charge on any atom is -0.481 e. The number of carboxylic acids is 1. The molecular weight excluding hydrogens is 268 g/mol. The SMILES string of the molecule is CC(CNC(=O)NCCC(C)(C)CCC(=O)O)C(C)(C)C. The van der Waals surface area contributed by atoms with Gasteiger partial charge in [-0.15, -0.1) is 0 Å². The van der Waals surface area contributed by atoms with Crippen LogP contribution < -0.4 is 10.6 Å². The van der Waals surface area contributed by atoms with E-state index >= 15 is 0 Å². The van der Waals surface area contributed by atoms with E-state index in [9.17, 15) is 9.59 Å². The maximum Gasteiger partial charge on any atom is 0.314 e. The molecule has 0 aromatic heterocycles. The van der Waals surface area contributed by atoms with E-state index in [1.54, 1.807) is 0 Å². The van der Waals surface area contributed by atoms with Crippen LogP contribution in [0.3, 0.4) is 0 Å². The van der Waals surface area contributed by atoms with E-state index in [1.807, 2.05) is 13.8 Å². The summed E-state index contributed by atoms with van der Waals surface area (Å²) in [7, 11) is 0. The van der Waals surface area contributed by atoms with Gasteiger partial charge in [0, 0.05) is 19.5 Å². The number of aliphatic carboxylic acids is 1. The van der Waals surface area contributed by atoms with Gasteiger partial charge in [0.2, 0.25) is 0 Å². The zero-order valence-corrected chi connectivity index (χ0v) is 14.4. The molecule has 1 unspecified atom stereocenters. The molecule has 0 spiro atoms. The monoisotopic (exact) mass is 300 g/mol. The molecule has 0 heterocycles. The Labute approximate surface area is 128 Å². The van der Waals surface area contributed by atoms with Gasteiger partial charge in [0.25, 0.3) is 0 Å². The van der Waals surface area contributed by atoms with Gasteiger partial charge in [0.15, 0.2) is 0 Å². The molecule has 0 saturated carbocycles. The molecule has 0 aliphatic rings. The maximum atomic E-state index is 11.7. The molecule has 0 fully saturated rings. The van der Waals surface area contributed by atoms with Crippen molar-refractivity contribution in [3.8, 4) is 0 Å². The quantitative estimate of drug-likeness (QED) is 0.644. The van der Waals surface area contributed by atoms with Crippen LogP contribution >= 0.6 is 0 Å². The average molecular weight is 300 g/mol. The number of carbonyl (C=O) groups excluding carboxylic acids is 1. The summed E-state index contributed by atoms with van der Waals surface area (Å²) in [6.45, 7) is 13.8. The smallest absolute Gasteiger partial charge is 0.314 e. The molecule has 0 aliphatic heterocycles. The zero-order chi connectivity index (χ0) is 16.7. The van der Waals surface area contributed by atoms with Crippen molar-refractivity contribution in [2.45, 2.75) is 60.8 Å². The first-order valence-corrected chi connectivity index (χ1v) is 7.67. The van der Waals surface area contributed by atoms with Crippen LogP contribution in [0.5, 0.6) is 0 Å². The highest BCUT2D eigenvalue weighted by molar-refractivity contribution is 5.73. The minimum absolute atomic E-state index is 0.0790. The van der Waals surface area contributed by atoms with Gasteiger partial charge in [0.1, 0.15) is 0 Å². The van der Waals surface area contributed by atoms with Crippen molar-refractivity contribution in [1.82, 2.24) is 10.6 Å². The van der Waals surface area contributed by atoms with Crippen LogP contribution in [0.1, 0.15) is 60.8 Å². The molecule has 0 bridgehead atoms. The van der Waals surface area contributed by atoms with E-state index in [2.05, 4.69) is 38.3 Å². The number of urea groups is 1. The van der Waals surface area contributed by atoms with E-state index in [0.717, 1.165) is 6.42 Å². The molecule has 2 amide bonds. The second kappa shape index (κ2) is 8.25. The molecule has 0 aliphatic carbocycles. The number of rotatable bonds is 8. The summed E-state index contributed by atoms with van der Waals surface area (Å²) in [5.74, 6) is -0.375. The Kier molecular flexibility index (Phi) is 7.75. The summed E-state index contributed by atoms with van der Waals surface area (Å²) in [5, 5.41) is 14.4. The minimum atomic E-state index is -0.773. The van der Waals surface area contributed by atoms with Crippen LogP contribution in [0.15, 0.2) is 0 Å². The fourth-order valence-electron chi connectivity index (χ4n) is 1.70. The topological polar surface area (TPSA) is 78.4 Å². The van der Waals surface area contributed by atoms with Crippen molar-refractivity contribution in [2.24, 2.45) is 16.7 Å². The van der Waals surface area contributed by atoms with Crippen molar-refractivity contribution in [1.29, 1.82) is 0 Å². The van der Waals surface area contributed by atoms with Gasteiger partial charge >= 0.3 is 12.0 Å². The lowest BCUT2D eigenvalue weighted by atomic mass is 9.82. The third-order valence-electron chi connectivity index (χ3n) is 4.15. The summed E-state index contributed by atoms with van der Waals surface area (Å²) in [5.41, 5.74) is 0.0937. The fourth-order valence-corrected chi connectivity index (χ4v) is 1.70. The van der Waals surface area contributed by atoms with Crippen LogP contribution in [-0.4, -0.2) is 30.2 Å². The van der Waals surface area contributed by atoms with Gasteiger partial charge in [-0.1, -0.05) is 41.5 Å². The van der Waals surface area contributed by atoms with Crippen LogP contribution in [0.4, 0.5) is 4.79 Å². The average Bonchev–Trinajstić information content (AvgIpc) is 2.32. The molecular formula is C16H32N2O3. The molecule has 5 nitrogen and oxygen atoms in total. The van der Waals surface area contributed by atoms with Gasteiger partial charge in [-0.2, -0.15) is 0 Å². The molecule has 0 saturated heterocycles. The lowest BCUT2D eigenvalue weighted by Crippen LogP contribution is -2.41. The third kappa shape index (κ3) is 10.2. The standard InChI is InChI=1S/C16H32N2O3/c1-12(15(2,3)4)11-18-14(21)17-10-9-16(5,6)8-7-13(19)20/h12H,7-11H2,1-6H3,(H,19,20)(H2,17,18,21). The van der Waals surface area contributed by atoms with Gasteiger partial charge in [-0.25, -0.2) is 4.79 Å². The Morgan fingerprint density at radius 3 is 2.10 bits per heavy atom. The highest BCUT2D eigenvalue weighted by atomic mass is 16.4. The van der Waals surface area contributed by atoms with Crippen molar-refractivity contribution < 1.29 is 14.7 Å². The molecule has 0 aromatic rings. The van der Waals surface area contributed by atoms with E-state index < -0.39 is 5.97 Å². The molecule has 0 aromatic carbocycles. The number of nitrogens with one attached hydrogen (secondary N) is 2. The Morgan fingerprint density at radius 1 is 1.05 bits per heavy atom. The van der Waals surface area contributed by atoms with E-state index in [4.69, 9.17) is 5.11 Å². The van der Waals surface area contributed by atoms with Crippen molar-refractivity contribution in [2.75, 3.05) is 13.1 Å². The van der Waals surface area contributed by atoms with Crippen LogP contribution in [0, 0.1) is 16.7 Å². The molecule has 3 N–H and O–H groups in total. The zero-order valence-electron chi connectivity index (χ0n) is 14.4. The summed E-state index contributed by atoms with van der Waals surface area (Å²) in [4.78, 5) is 22.3. The number of amides is 2. The van der Waals surface area contributed by atoms with Gasteiger partial charge in [-0.3, -0.25) is 4.79 Å². The van der Waals surface area contributed by atoms with Gasteiger partial charge in [-0.05, 0) is 29.6 Å². The van der Waals surface area contributed by atoms with Crippen molar-refractivity contribution >= 4 is 12.0 Å². The fraction of sp³-hybridized carbons (Fsp3) is 0.875. The summed E-state index contributed by atoms with van der Waals surface area (Å²) >= 11 is 0. The summed E-state index contributed by atoms with van der Waals surface area (Å²) in [6.07, 6.45) is 1.55. The molecule has 21 heavy (non-hydrogen) atoms. The first-order chi connectivity index (χ1) is 9.44. The third-order valence-corrected chi connectivity index (χ3v) is 4.15. The van der Waals surface area contributed by atoms with Crippen molar-refractivity contribution in [3.63, 3.8) is 0 Å². The highest BCUT2D eigenvalue weighted by Crippen LogP contribution is 2.26. The predicted molar refractivity (Wildman–Crippen MR) is 85.3 cm³/mol. The van der Waals surface area contributed by atoms with Crippen molar-refractivity contribution in [3.05, 3.63) is 0 Å². The number of hydrogen-bond donors (Lipinski definition) is 3. The maximum absolute atomic E-state index is 11.7. The van der Waals surface area contributed by atoms with Crippen LogP contribution in [0.2, 0.25) is 0 Å². The van der Waals surface area contributed by atoms with Crippen LogP contribution in [-0.2, 0) is 4.79 Å². The second-order valence-corrected chi connectivity index (χ2v) is 7.71.